The molecule has 6 nitrogen and oxygen atoms in total. The van der Waals surface area contributed by atoms with Gasteiger partial charge in [-0.2, -0.15) is 5.10 Å². The van der Waals surface area contributed by atoms with Gasteiger partial charge in [-0.25, -0.2) is 4.98 Å². The first-order valence-corrected chi connectivity index (χ1v) is 10.5. The second-order valence-corrected chi connectivity index (χ2v) is 8.07. The van der Waals surface area contributed by atoms with E-state index in [-0.39, 0.29) is 5.91 Å². The monoisotopic (exact) mass is 399 g/mol. The van der Waals surface area contributed by atoms with Gasteiger partial charge >= 0.3 is 0 Å². The fraction of sp³-hybridized carbons (Fsp3) is 0.292. The van der Waals surface area contributed by atoms with Gasteiger partial charge in [-0.3, -0.25) is 9.48 Å². The Morgan fingerprint density at radius 3 is 2.60 bits per heavy atom. The highest BCUT2D eigenvalue weighted by molar-refractivity contribution is 5.94. The summed E-state index contributed by atoms with van der Waals surface area (Å²) in [5.41, 5.74) is 4.92. The smallest absolute Gasteiger partial charge is 0.253 e. The summed E-state index contributed by atoms with van der Waals surface area (Å²) >= 11 is 0. The number of hydrogen-bond donors (Lipinski definition) is 0. The quantitative estimate of drug-likeness (QED) is 0.521. The maximum absolute atomic E-state index is 12.7. The molecule has 1 aromatic carbocycles. The number of carbonyl (C=O) groups is 1. The van der Waals surface area contributed by atoms with E-state index in [1.54, 1.807) is 4.68 Å². The molecule has 0 N–H and O–H groups in total. The minimum absolute atomic E-state index is 0.146. The number of aryl methyl sites for hydroxylation is 1. The van der Waals surface area contributed by atoms with Gasteiger partial charge in [0.05, 0.1) is 22.9 Å². The van der Waals surface area contributed by atoms with Crippen LogP contribution in [0.1, 0.15) is 23.2 Å². The first-order chi connectivity index (χ1) is 14.7. The number of rotatable bonds is 4. The molecule has 3 aromatic heterocycles. The van der Waals surface area contributed by atoms with E-state index in [1.165, 1.54) is 0 Å². The number of hydrogen-bond acceptors (Lipinski definition) is 3. The van der Waals surface area contributed by atoms with Crippen molar-refractivity contribution in [3.05, 3.63) is 72.7 Å². The van der Waals surface area contributed by atoms with Gasteiger partial charge in [0.15, 0.2) is 0 Å². The van der Waals surface area contributed by atoms with Gasteiger partial charge < -0.3 is 9.47 Å². The number of benzene rings is 1. The van der Waals surface area contributed by atoms with Crippen LogP contribution in [-0.4, -0.2) is 43.2 Å². The number of carbonyl (C=O) groups excluding carboxylic acids is 1. The average molecular weight is 399 g/mol. The minimum atomic E-state index is 0.146. The maximum Gasteiger partial charge on any atom is 0.253 e. The van der Waals surface area contributed by atoms with Crippen LogP contribution in [0.3, 0.4) is 0 Å². The number of aromatic nitrogens is 4. The molecule has 0 bridgehead atoms. The Morgan fingerprint density at radius 1 is 1.07 bits per heavy atom. The Labute approximate surface area is 175 Å². The molecule has 1 fully saturated rings. The number of amides is 1. The molecule has 0 spiro atoms. The average Bonchev–Trinajstić information content (AvgIpc) is 3.40. The summed E-state index contributed by atoms with van der Waals surface area (Å²) in [6.07, 6.45) is 8.01. The van der Waals surface area contributed by atoms with Crippen molar-refractivity contribution in [3.63, 3.8) is 0 Å². The molecule has 1 aliphatic rings. The van der Waals surface area contributed by atoms with Gasteiger partial charge in [0.25, 0.3) is 5.91 Å². The Kier molecular flexibility index (Phi) is 4.83. The van der Waals surface area contributed by atoms with Crippen molar-refractivity contribution >= 4 is 16.9 Å². The van der Waals surface area contributed by atoms with Crippen LogP contribution < -0.4 is 0 Å². The van der Waals surface area contributed by atoms with Crippen LogP contribution in [0.4, 0.5) is 0 Å². The highest BCUT2D eigenvalue weighted by atomic mass is 16.2. The first kappa shape index (κ1) is 18.6. The predicted molar refractivity (Wildman–Crippen MR) is 117 cm³/mol. The molecule has 4 heterocycles. The van der Waals surface area contributed by atoms with Crippen molar-refractivity contribution in [1.82, 2.24) is 24.2 Å². The third-order valence-corrected chi connectivity index (χ3v) is 6.00. The van der Waals surface area contributed by atoms with Crippen molar-refractivity contribution in [2.45, 2.75) is 19.4 Å². The summed E-state index contributed by atoms with van der Waals surface area (Å²) in [6.45, 7) is 2.60. The number of pyridine rings is 1. The zero-order valence-electron chi connectivity index (χ0n) is 17.1. The van der Waals surface area contributed by atoms with E-state index < -0.39 is 0 Å². The topological polar surface area (TPSA) is 56.0 Å². The highest BCUT2D eigenvalue weighted by Gasteiger charge is 2.24. The van der Waals surface area contributed by atoms with Gasteiger partial charge in [0.2, 0.25) is 0 Å². The summed E-state index contributed by atoms with van der Waals surface area (Å²) < 4.78 is 4.09. The standard InChI is InChI=1S/C24H25N5O/c1-27-17-20(15-25-27)21-7-8-23-22(26-21)11-14-29(23)16-18-9-12-28(13-10-18)24(30)19-5-3-2-4-6-19/h2-8,11,14-15,17-18H,9-10,12-13,16H2,1H3. The van der Waals surface area contributed by atoms with Crippen LogP contribution >= 0.6 is 0 Å². The van der Waals surface area contributed by atoms with E-state index in [2.05, 4.69) is 34.1 Å². The normalized spacial score (nSPS) is 15.0. The van der Waals surface area contributed by atoms with Crippen molar-refractivity contribution in [2.24, 2.45) is 13.0 Å². The van der Waals surface area contributed by atoms with E-state index in [4.69, 9.17) is 4.98 Å². The zero-order chi connectivity index (χ0) is 20.5. The third-order valence-electron chi connectivity index (χ3n) is 6.00. The molecule has 30 heavy (non-hydrogen) atoms. The zero-order valence-corrected chi connectivity index (χ0v) is 17.1. The van der Waals surface area contributed by atoms with E-state index in [0.29, 0.717) is 5.92 Å². The number of nitrogens with zero attached hydrogens (tertiary/aromatic N) is 5. The van der Waals surface area contributed by atoms with Gasteiger partial charge in [0.1, 0.15) is 0 Å². The molecule has 0 atom stereocenters. The molecule has 4 aromatic rings. The van der Waals surface area contributed by atoms with E-state index in [9.17, 15) is 4.79 Å². The highest BCUT2D eigenvalue weighted by Crippen LogP contribution is 2.25. The largest absolute Gasteiger partial charge is 0.346 e. The van der Waals surface area contributed by atoms with Crippen molar-refractivity contribution < 1.29 is 4.79 Å². The molecular weight excluding hydrogens is 374 g/mol. The molecule has 0 saturated carbocycles. The van der Waals surface area contributed by atoms with Crippen molar-refractivity contribution in [3.8, 4) is 11.3 Å². The lowest BCUT2D eigenvalue weighted by atomic mass is 9.96. The van der Waals surface area contributed by atoms with Gasteiger partial charge in [0, 0.05) is 50.2 Å². The second-order valence-electron chi connectivity index (χ2n) is 8.07. The Bertz CT molecular complexity index is 1170. The number of piperidine rings is 1. The number of likely N-dealkylation sites (tertiary alicyclic amines) is 1. The van der Waals surface area contributed by atoms with E-state index in [0.717, 1.165) is 60.3 Å². The SMILES string of the molecule is Cn1cc(-c2ccc3c(ccn3CC3CCN(C(=O)c4ccccc4)CC3)n2)cn1. The van der Waals surface area contributed by atoms with Crippen LogP contribution in [0.25, 0.3) is 22.3 Å². The molecule has 1 saturated heterocycles. The van der Waals surface area contributed by atoms with E-state index in [1.807, 2.05) is 54.7 Å². The lowest BCUT2D eigenvalue weighted by Crippen LogP contribution is -2.39. The molecule has 0 radical (unpaired) electrons. The van der Waals surface area contributed by atoms with Crippen LogP contribution in [0, 0.1) is 5.92 Å². The Hall–Kier alpha value is -3.41. The predicted octanol–water partition coefficient (Wildman–Crippen LogP) is 3.99. The molecule has 5 rings (SSSR count). The first-order valence-electron chi connectivity index (χ1n) is 10.5. The lowest BCUT2D eigenvalue weighted by molar-refractivity contribution is 0.0683. The molecule has 0 unspecified atom stereocenters. The van der Waals surface area contributed by atoms with Crippen LogP contribution in [0.2, 0.25) is 0 Å². The lowest BCUT2D eigenvalue weighted by Gasteiger charge is -2.32. The van der Waals surface area contributed by atoms with Gasteiger partial charge in [-0.1, -0.05) is 18.2 Å². The second kappa shape index (κ2) is 7.78. The number of fused-ring (bicyclic) bond motifs is 1. The molecule has 1 aliphatic heterocycles. The fourth-order valence-corrected chi connectivity index (χ4v) is 4.31. The van der Waals surface area contributed by atoms with Crippen LogP contribution in [0.15, 0.2) is 67.1 Å². The maximum atomic E-state index is 12.7. The molecule has 6 heteroatoms. The summed E-state index contributed by atoms with van der Waals surface area (Å²) in [6, 6.07) is 15.9. The van der Waals surface area contributed by atoms with E-state index >= 15 is 0 Å². The summed E-state index contributed by atoms with van der Waals surface area (Å²) in [4.78, 5) is 19.5. The molecule has 0 aliphatic carbocycles. The Balaban J connectivity index is 1.25. The van der Waals surface area contributed by atoms with Gasteiger partial charge in [-0.15, -0.1) is 0 Å². The molecule has 152 valence electrons. The Morgan fingerprint density at radius 2 is 1.87 bits per heavy atom. The molecule has 1 amide bonds. The van der Waals surface area contributed by atoms with Crippen LogP contribution in [-0.2, 0) is 13.6 Å². The van der Waals surface area contributed by atoms with Crippen molar-refractivity contribution in [1.29, 1.82) is 0 Å². The summed E-state index contributed by atoms with van der Waals surface area (Å²) in [7, 11) is 1.91. The van der Waals surface area contributed by atoms with Crippen LogP contribution in [0.5, 0.6) is 0 Å². The van der Waals surface area contributed by atoms with Gasteiger partial charge in [-0.05, 0) is 49.1 Å². The minimum Gasteiger partial charge on any atom is -0.346 e. The summed E-state index contributed by atoms with van der Waals surface area (Å²) in [5.74, 6) is 0.714. The molecular formula is C24H25N5O. The van der Waals surface area contributed by atoms with Crippen molar-refractivity contribution in [2.75, 3.05) is 13.1 Å². The fourth-order valence-electron chi connectivity index (χ4n) is 4.31. The summed E-state index contributed by atoms with van der Waals surface area (Å²) in [5, 5.41) is 4.24. The third kappa shape index (κ3) is 3.61.